The van der Waals surface area contributed by atoms with Crippen LogP contribution in [-0.2, 0) is 4.74 Å². The normalized spacial score (nSPS) is 22.5. The molecule has 0 aromatic rings. The number of nitrogens with zero attached hydrogens (tertiary/aromatic N) is 1. The van der Waals surface area contributed by atoms with E-state index in [-0.39, 0.29) is 6.03 Å². The van der Waals surface area contributed by atoms with Crippen molar-refractivity contribution in [3.8, 4) is 0 Å². The summed E-state index contributed by atoms with van der Waals surface area (Å²) in [6.07, 6.45) is 3.60. The SMILES string of the molecule is O=C(NCCC1CCNCC1)N1CCOCC1. The lowest BCUT2D eigenvalue weighted by Crippen LogP contribution is -2.46. The first-order valence-electron chi connectivity index (χ1n) is 6.67. The molecule has 2 aliphatic rings. The number of hydrogen-bond donors (Lipinski definition) is 2. The van der Waals surface area contributed by atoms with Crippen LogP contribution in [0.4, 0.5) is 4.79 Å². The van der Waals surface area contributed by atoms with E-state index >= 15 is 0 Å². The molecule has 0 saturated carbocycles. The standard InChI is InChI=1S/C12H23N3O2/c16-12(15-7-9-17-10-8-15)14-6-3-11-1-4-13-5-2-11/h11,13H,1-10H2,(H,14,16). The van der Waals surface area contributed by atoms with Gasteiger partial charge in [0, 0.05) is 19.6 Å². The fourth-order valence-corrected chi connectivity index (χ4v) is 2.43. The van der Waals surface area contributed by atoms with E-state index in [2.05, 4.69) is 10.6 Å². The Labute approximate surface area is 103 Å². The van der Waals surface area contributed by atoms with Crippen molar-refractivity contribution in [3.05, 3.63) is 0 Å². The van der Waals surface area contributed by atoms with Gasteiger partial charge in [0.1, 0.15) is 0 Å². The summed E-state index contributed by atoms with van der Waals surface area (Å²) in [7, 11) is 0. The summed E-state index contributed by atoms with van der Waals surface area (Å²) in [5.41, 5.74) is 0. The molecular weight excluding hydrogens is 218 g/mol. The highest BCUT2D eigenvalue weighted by Crippen LogP contribution is 2.14. The van der Waals surface area contributed by atoms with E-state index in [1.165, 1.54) is 12.8 Å². The maximum absolute atomic E-state index is 11.8. The zero-order valence-electron chi connectivity index (χ0n) is 10.4. The van der Waals surface area contributed by atoms with Crippen molar-refractivity contribution in [2.24, 2.45) is 5.92 Å². The summed E-state index contributed by atoms with van der Waals surface area (Å²) in [5, 5.41) is 6.37. The number of nitrogens with one attached hydrogen (secondary N) is 2. The van der Waals surface area contributed by atoms with E-state index in [1.54, 1.807) is 0 Å². The summed E-state index contributed by atoms with van der Waals surface area (Å²) < 4.78 is 5.22. The lowest BCUT2D eigenvalue weighted by molar-refractivity contribution is 0.0531. The topological polar surface area (TPSA) is 53.6 Å². The smallest absolute Gasteiger partial charge is 0.317 e. The van der Waals surface area contributed by atoms with Crippen LogP contribution in [0.3, 0.4) is 0 Å². The fourth-order valence-electron chi connectivity index (χ4n) is 2.43. The molecule has 0 spiro atoms. The summed E-state index contributed by atoms with van der Waals surface area (Å²) in [6.45, 7) is 5.84. The number of amides is 2. The summed E-state index contributed by atoms with van der Waals surface area (Å²) >= 11 is 0. The van der Waals surface area contributed by atoms with Crippen LogP contribution >= 0.6 is 0 Å². The molecule has 5 nitrogen and oxygen atoms in total. The Bertz CT molecular complexity index is 236. The van der Waals surface area contributed by atoms with Crippen molar-refractivity contribution in [2.75, 3.05) is 45.9 Å². The van der Waals surface area contributed by atoms with Crippen LogP contribution in [0.1, 0.15) is 19.3 Å². The molecule has 17 heavy (non-hydrogen) atoms. The lowest BCUT2D eigenvalue weighted by Gasteiger charge is -2.27. The van der Waals surface area contributed by atoms with Gasteiger partial charge in [0.25, 0.3) is 0 Å². The van der Waals surface area contributed by atoms with Crippen molar-refractivity contribution in [1.29, 1.82) is 0 Å². The average molecular weight is 241 g/mol. The Morgan fingerprint density at radius 3 is 2.71 bits per heavy atom. The van der Waals surface area contributed by atoms with Gasteiger partial charge in [-0.2, -0.15) is 0 Å². The third kappa shape index (κ3) is 4.16. The maximum atomic E-state index is 11.8. The second kappa shape index (κ2) is 6.81. The minimum Gasteiger partial charge on any atom is -0.378 e. The molecule has 0 atom stereocenters. The molecule has 2 rings (SSSR count). The van der Waals surface area contributed by atoms with Crippen LogP contribution in [0, 0.1) is 5.92 Å². The molecule has 0 radical (unpaired) electrons. The van der Waals surface area contributed by atoms with E-state index < -0.39 is 0 Å². The average Bonchev–Trinajstić information content (AvgIpc) is 2.41. The Morgan fingerprint density at radius 2 is 2.00 bits per heavy atom. The van der Waals surface area contributed by atoms with Crippen molar-refractivity contribution in [1.82, 2.24) is 15.5 Å². The van der Waals surface area contributed by atoms with Crippen molar-refractivity contribution < 1.29 is 9.53 Å². The largest absolute Gasteiger partial charge is 0.378 e. The minimum absolute atomic E-state index is 0.0715. The van der Waals surface area contributed by atoms with Gasteiger partial charge in [-0.25, -0.2) is 4.79 Å². The van der Waals surface area contributed by atoms with Crippen LogP contribution in [0.5, 0.6) is 0 Å². The highest BCUT2D eigenvalue weighted by Gasteiger charge is 2.17. The van der Waals surface area contributed by atoms with Gasteiger partial charge in [-0.05, 0) is 38.3 Å². The van der Waals surface area contributed by atoms with Gasteiger partial charge in [0.05, 0.1) is 13.2 Å². The molecule has 2 N–H and O–H groups in total. The zero-order chi connectivity index (χ0) is 11.9. The van der Waals surface area contributed by atoms with Gasteiger partial charge in [0.2, 0.25) is 0 Å². The molecule has 2 heterocycles. The number of ether oxygens (including phenoxy) is 1. The number of morpholine rings is 1. The van der Waals surface area contributed by atoms with Crippen LogP contribution in [0.15, 0.2) is 0 Å². The van der Waals surface area contributed by atoms with Gasteiger partial charge in [-0.15, -0.1) is 0 Å². The molecule has 0 aromatic carbocycles. The minimum atomic E-state index is 0.0715. The van der Waals surface area contributed by atoms with Crippen LogP contribution < -0.4 is 10.6 Å². The van der Waals surface area contributed by atoms with Crippen LogP contribution in [-0.4, -0.2) is 56.9 Å². The highest BCUT2D eigenvalue weighted by atomic mass is 16.5. The Kier molecular flexibility index (Phi) is 5.07. The molecule has 2 fully saturated rings. The summed E-state index contributed by atoms with van der Waals surface area (Å²) in [5.74, 6) is 0.779. The molecule has 2 saturated heterocycles. The van der Waals surface area contributed by atoms with Gasteiger partial charge < -0.3 is 20.3 Å². The van der Waals surface area contributed by atoms with Gasteiger partial charge >= 0.3 is 6.03 Å². The molecule has 5 heteroatoms. The zero-order valence-corrected chi connectivity index (χ0v) is 10.4. The van der Waals surface area contributed by atoms with E-state index in [9.17, 15) is 4.79 Å². The van der Waals surface area contributed by atoms with Crippen LogP contribution in [0.25, 0.3) is 0 Å². The maximum Gasteiger partial charge on any atom is 0.317 e. The molecule has 0 aromatic heterocycles. The third-order valence-electron chi connectivity index (χ3n) is 3.59. The first-order chi connectivity index (χ1) is 8.36. The summed E-state index contributed by atoms with van der Waals surface area (Å²) in [4.78, 5) is 13.6. The summed E-state index contributed by atoms with van der Waals surface area (Å²) in [6, 6.07) is 0.0715. The number of urea groups is 1. The van der Waals surface area contributed by atoms with Gasteiger partial charge in [-0.1, -0.05) is 0 Å². The predicted molar refractivity (Wildman–Crippen MR) is 66.0 cm³/mol. The third-order valence-corrected chi connectivity index (χ3v) is 3.59. The molecule has 0 bridgehead atoms. The first-order valence-corrected chi connectivity index (χ1v) is 6.67. The van der Waals surface area contributed by atoms with E-state index in [0.717, 1.165) is 45.1 Å². The fraction of sp³-hybridized carbons (Fsp3) is 0.917. The molecule has 2 aliphatic heterocycles. The predicted octanol–water partition coefficient (Wildman–Crippen LogP) is 0.418. The quantitative estimate of drug-likeness (QED) is 0.753. The molecule has 0 aliphatic carbocycles. The number of carbonyl (C=O) groups excluding carboxylic acids is 1. The van der Waals surface area contributed by atoms with Gasteiger partial charge in [-0.3, -0.25) is 0 Å². The number of hydrogen-bond acceptors (Lipinski definition) is 3. The molecule has 98 valence electrons. The molecule has 0 unspecified atom stereocenters. The first kappa shape index (κ1) is 12.6. The number of rotatable bonds is 3. The second-order valence-electron chi connectivity index (χ2n) is 4.81. The second-order valence-corrected chi connectivity index (χ2v) is 4.81. The number of piperidine rings is 1. The van der Waals surface area contributed by atoms with E-state index in [4.69, 9.17) is 4.74 Å². The van der Waals surface area contributed by atoms with Crippen molar-refractivity contribution in [3.63, 3.8) is 0 Å². The highest BCUT2D eigenvalue weighted by molar-refractivity contribution is 5.74. The molecular formula is C12H23N3O2. The lowest BCUT2D eigenvalue weighted by atomic mass is 9.95. The van der Waals surface area contributed by atoms with Crippen molar-refractivity contribution in [2.45, 2.75) is 19.3 Å². The van der Waals surface area contributed by atoms with Crippen LogP contribution in [0.2, 0.25) is 0 Å². The van der Waals surface area contributed by atoms with E-state index in [1.807, 2.05) is 4.90 Å². The van der Waals surface area contributed by atoms with E-state index in [0.29, 0.717) is 13.2 Å². The van der Waals surface area contributed by atoms with Gasteiger partial charge in [0.15, 0.2) is 0 Å². The Balaban J connectivity index is 1.58. The monoisotopic (exact) mass is 241 g/mol. The Hall–Kier alpha value is -0.810. The Morgan fingerprint density at radius 1 is 1.29 bits per heavy atom. The molecule has 2 amide bonds. The number of carbonyl (C=O) groups is 1. The van der Waals surface area contributed by atoms with Crippen molar-refractivity contribution >= 4 is 6.03 Å².